The molecule has 0 aliphatic rings. The fourth-order valence-electron chi connectivity index (χ4n) is 1.43. The van der Waals surface area contributed by atoms with E-state index in [0.717, 1.165) is 5.76 Å². The molecule has 1 N–H and O–H groups in total. The summed E-state index contributed by atoms with van der Waals surface area (Å²) >= 11 is 3.22. The number of hydrogen-bond donors (Lipinski definition) is 1. The van der Waals surface area contributed by atoms with Gasteiger partial charge < -0.3 is 9.52 Å². The van der Waals surface area contributed by atoms with Gasteiger partial charge in [-0.15, -0.1) is 0 Å². The van der Waals surface area contributed by atoms with Gasteiger partial charge in [0.05, 0.1) is 12.6 Å². The van der Waals surface area contributed by atoms with Gasteiger partial charge in [0.15, 0.2) is 4.67 Å². The van der Waals surface area contributed by atoms with E-state index in [1.54, 1.807) is 6.07 Å². The lowest BCUT2D eigenvalue weighted by molar-refractivity contribution is -0.138. The summed E-state index contributed by atoms with van der Waals surface area (Å²) in [7, 11) is 0. The van der Waals surface area contributed by atoms with Crippen LogP contribution in [0.2, 0.25) is 0 Å². The number of carboxylic acids is 1. The maximum atomic E-state index is 10.6. The Morgan fingerprint density at radius 3 is 2.73 bits per heavy atom. The molecule has 1 atom stereocenters. The Balaban J connectivity index is 2.72. The molecule has 0 saturated carbocycles. The van der Waals surface area contributed by atoms with E-state index in [9.17, 15) is 4.79 Å². The number of rotatable bonds is 5. The average Bonchev–Trinajstić information content (AvgIpc) is 2.60. The molecule has 4 nitrogen and oxygen atoms in total. The quantitative estimate of drug-likeness (QED) is 0.897. The van der Waals surface area contributed by atoms with Gasteiger partial charge in [0.2, 0.25) is 0 Å². The molecule has 0 aliphatic carbocycles. The summed E-state index contributed by atoms with van der Waals surface area (Å²) in [6, 6.07) is 3.62. The zero-order valence-electron chi connectivity index (χ0n) is 8.74. The van der Waals surface area contributed by atoms with Gasteiger partial charge in [-0.25, -0.2) is 0 Å². The zero-order valence-corrected chi connectivity index (χ0v) is 10.3. The molecule has 0 radical (unpaired) electrons. The van der Waals surface area contributed by atoms with Crippen LogP contribution < -0.4 is 0 Å². The molecule has 1 rings (SSSR count). The number of aliphatic carboxylic acids is 1. The fraction of sp³-hybridized carbons (Fsp3) is 0.500. The van der Waals surface area contributed by atoms with Crippen LogP contribution in [0.3, 0.4) is 0 Å². The van der Waals surface area contributed by atoms with Crippen molar-refractivity contribution in [1.29, 1.82) is 0 Å². The van der Waals surface area contributed by atoms with Crippen LogP contribution in [-0.4, -0.2) is 29.1 Å². The largest absolute Gasteiger partial charge is 0.480 e. The molecule has 1 aromatic rings. The van der Waals surface area contributed by atoms with Crippen LogP contribution in [0.15, 0.2) is 21.2 Å². The van der Waals surface area contributed by atoms with E-state index in [2.05, 4.69) is 15.9 Å². The van der Waals surface area contributed by atoms with E-state index >= 15 is 0 Å². The van der Waals surface area contributed by atoms with Crippen molar-refractivity contribution in [3.8, 4) is 0 Å². The van der Waals surface area contributed by atoms with Gasteiger partial charge in [-0.3, -0.25) is 9.69 Å². The number of carboxylic acid groups (broad SMARTS) is 1. The van der Waals surface area contributed by atoms with Crippen molar-refractivity contribution in [2.24, 2.45) is 0 Å². The summed E-state index contributed by atoms with van der Waals surface area (Å²) in [5.41, 5.74) is 0. The van der Waals surface area contributed by atoms with Gasteiger partial charge in [-0.2, -0.15) is 0 Å². The van der Waals surface area contributed by atoms with E-state index in [0.29, 0.717) is 11.2 Å². The molecule has 1 heterocycles. The van der Waals surface area contributed by atoms with Crippen LogP contribution >= 0.6 is 15.9 Å². The van der Waals surface area contributed by atoms with Gasteiger partial charge in [-0.1, -0.05) is 6.92 Å². The maximum absolute atomic E-state index is 10.6. The lowest BCUT2D eigenvalue weighted by Gasteiger charge is -2.24. The van der Waals surface area contributed by atoms with E-state index in [1.165, 1.54) is 0 Å². The van der Waals surface area contributed by atoms with Crippen LogP contribution in [0.4, 0.5) is 0 Å². The molecule has 0 aliphatic heterocycles. The molecule has 1 unspecified atom stereocenters. The number of carbonyl (C=O) groups is 1. The number of halogens is 1. The monoisotopic (exact) mass is 275 g/mol. The standard InChI is InChI=1S/C10H14BrNO3/c1-3-12(6-10(13)14)7(2)8-4-5-9(11)15-8/h4-5,7H,3,6H2,1-2H3,(H,13,14). The lowest BCUT2D eigenvalue weighted by atomic mass is 10.2. The highest BCUT2D eigenvalue weighted by Gasteiger charge is 2.19. The van der Waals surface area contributed by atoms with Crippen molar-refractivity contribution in [2.75, 3.05) is 13.1 Å². The molecule has 0 spiro atoms. The van der Waals surface area contributed by atoms with Gasteiger partial charge in [0, 0.05) is 0 Å². The Morgan fingerprint density at radius 1 is 1.67 bits per heavy atom. The summed E-state index contributed by atoms with van der Waals surface area (Å²) in [5.74, 6) is -0.0562. The molecule has 0 amide bonds. The maximum Gasteiger partial charge on any atom is 0.317 e. The second-order valence-corrected chi connectivity index (χ2v) is 4.06. The fourth-order valence-corrected chi connectivity index (χ4v) is 1.75. The molecule has 0 aromatic carbocycles. The first-order valence-electron chi connectivity index (χ1n) is 4.75. The summed E-state index contributed by atoms with van der Waals surface area (Å²) in [6.07, 6.45) is 0. The van der Waals surface area contributed by atoms with Crippen LogP contribution in [-0.2, 0) is 4.79 Å². The second-order valence-electron chi connectivity index (χ2n) is 3.27. The second kappa shape index (κ2) is 5.32. The van der Waals surface area contributed by atoms with Gasteiger partial charge in [0.25, 0.3) is 0 Å². The highest BCUT2D eigenvalue weighted by atomic mass is 79.9. The summed E-state index contributed by atoms with van der Waals surface area (Å²) < 4.78 is 6.05. The van der Waals surface area contributed by atoms with E-state index in [1.807, 2.05) is 24.8 Å². The number of furan rings is 1. The molecular weight excluding hydrogens is 262 g/mol. The van der Waals surface area contributed by atoms with Crippen molar-refractivity contribution in [1.82, 2.24) is 4.90 Å². The summed E-state index contributed by atoms with van der Waals surface area (Å²) in [4.78, 5) is 12.5. The van der Waals surface area contributed by atoms with Gasteiger partial charge >= 0.3 is 5.97 Å². The smallest absolute Gasteiger partial charge is 0.317 e. The SMILES string of the molecule is CCN(CC(=O)O)C(C)c1ccc(Br)o1. The Hall–Kier alpha value is -0.810. The number of hydrogen-bond acceptors (Lipinski definition) is 3. The third kappa shape index (κ3) is 3.35. The van der Waals surface area contributed by atoms with E-state index in [-0.39, 0.29) is 12.6 Å². The highest BCUT2D eigenvalue weighted by Crippen LogP contribution is 2.24. The Morgan fingerprint density at radius 2 is 2.33 bits per heavy atom. The first kappa shape index (κ1) is 12.3. The number of nitrogens with zero attached hydrogens (tertiary/aromatic N) is 1. The third-order valence-electron chi connectivity index (χ3n) is 2.30. The van der Waals surface area contributed by atoms with Crippen molar-refractivity contribution in [3.05, 3.63) is 22.6 Å². The van der Waals surface area contributed by atoms with Crippen molar-refractivity contribution in [3.63, 3.8) is 0 Å². The van der Waals surface area contributed by atoms with Crippen LogP contribution in [0.25, 0.3) is 0 Å². The molecule has 0 fully saturated rings. The minimum Gasteiger partial charge on any atom is -0.480 e. The van der Waals surface area contributed by atoms with Crippen LogP contribution in [0, 0.1) is 0 Å². The highest BCUT2D eigenvalue weighted by molar-refractivity contribution is 9.10. The molecular formula is C10H14BrNO3. The Kier molecular flexibility index (Phi) is 4.35. The van der Waals surface area contributed by atoms with E-state index in [4.69, 9.17) is 9.52 Å². The first-order valence-corrected chi connectivity index (χ1v) is 5.55. The predicted molar refractivity (Wildman–Crippen MR) is 59.7 cm³/mol. The van der Waals surface area contributed by atoms with Gasteiger partial charge in [0.1, 0.15) is 5.76 Å². The average molecular weight is 276 g/mol. The van der Waals surface area contributed by atoms with Gasteiger partial charge in [-0.05, 0) is 41.5 Å². The van der Waals surface area contributed by atoms with Crippen LogP contribution in [0.5, 0.6) is 0 Å². The normalized spacial score (nSPS) is 13.1. The Bertz CT molecular complexity index is 337. The molecule has 1 aromatic heterocycles. The molecule has 15 heavy (non-hydrogen) atoms. The third-order valence-corrected chi connectivity index (χ3v) is 2.72. The van der Waals surface area contributed by atoms with Crippen molar-refractivity contribution >= 4 is 21.9 Å². The van der Waals surface area contributed by atoms with E-state index < -0.39 is 5.97 Å². The Labute approximate surface area is 97.0 Å². The minimum absolute atomic E-state index is 0.0238. The summed E-state index contributed by atoms with van der Waals surface area (Å²) in [5, 5.41) is 8.73. The van der Waals surface area contributed by atoms with Crippen molar-refractivity contribution in [2.45, 2.75) is 19.9 Å². The van der Waals surface area contributed by atoms with Crippen molar-refractivity contribution < 1.29 is 14.3 Å². The van der Waals surface area contributed by atoms with Crippen LogP contribution in [0.1, 0.15) is 25.6 Å². The zero-order chi connectivity index (χ0) is 11.4. The summed E-state index contributed by atoms with van der Waals surface area (Å²) in [6.45, 7) is 4.55. The minimum atomic E-state index is -0.825. The lowest BCUT2D eigenvalue weighted by Crippen LogP contribution is -2.31. The topological polar surface area (TPSA) is 53.7 Å². The molecule has 0 bridgehead atoms. The molecule has 5 heteroatoms. The first-order chi connectivity index (χ1) is 7.04. The predicted octanol–water partition coefficient (Wildman–Crippen LogP) is 2.51. The molecule has 84 valence electrons. The number of likely N-dealkylation sites (N-methyl/N-ethyl adjacent to an activating group) is 1. The molecule has 0 saturated heterocycles.